The smallest absolute Gasteiger partial charge is 0.119 e. The Morgan fingerprint density at radius 1 is 1.10 bits per heavy atom. The van der Waals surface area contributed by atoms with Gasteiger partial charge in [0.25, 0.3) is 0 Å². The summed E-state index contributed by atoms with van der Waals surface area (Å²) in [6.45, 7) is 3.81. The molecule has 1 unspecified atom stereocenters. The molecule has 0 heterocycles. The molecule has 0 radical (unpaired) electrons. The van der Waals surface area contributed by atoms with Crippen LogP contribution in [0.2, 0.25) is 5.02 Å². The molecule has 2 nitrogen and oxygen atoms in total. The van der Waals surface area contributed by atoms with Gasteiger partial charge in [-0.15, -0.1) is 0 Å². The average molecular weight is 304 g/mol. The van der Waals surface area contributed by atoms with Crippen LogP contribution in [-0.2, 0) is 6.42 Å². The first-order valence-corrected chi connectivity index (χ1v) is 7.81. The fourth-order valence-electron chi connectivity index (χ4n) is 2.20. The van der Waals surface area contributed by atoms with Crippen molar-refractivity contribution in [3.05, 3.63) is 65.2 Å². The van der Waals surface area contributed by atoms with Gasteiger partial charge in [-0.25, -0.2) is 0 Å². The molecule has 2 aromatic rings. The highest BCUT2D eigenvalue weighted by atomic mass is 35.5. The quantitative estimate of drug-likeness (QED) is 0.784. The number of nitrogens with one attached hydrogen (secondary N) is 1. The molecule has 0 bridgehead atoms. The number of benzene rings is 2. The molecule has 0 fully saturated rings. The standard InChI is InChI=1S/C18H22ClNO/c1-2-11-20-17(13-15-7-6-8-16(19)12-15)14-21-18-9-4-3-5-10-18/h3-10,12,17,20H,2,11,13-14H2,1H3. The highest BCUT2D eigenvalue weighted by Gasteiger charge is 2.10. The van der Waals surface area contributed by atoms with E-state index in [2.05, 4.69) is 18.3 Å². The van der Waals surface area contributed by atoms with Crippen molar-refractivity contribution < 1.29 is 4.74 Å². The maximum absolute atomic E-state index is 6.05. The van der Waals surface area contributed by atoms with Crippen LogP contribution in [0.4, 0.5) is 0 Å². The molecule has 0 spiro atoms. The first-order valence-electron chi connectivity index (χ1n) is 7.43. The zero-order chi connectivity index (χ0) is 14.9. The average Bonchev–Trinajstić information content (AvgIpc) is 2.51. The van der Waals surface area contributed by atoms with Gasteiger partial charge in [0, 0.05) is 11.1 Å². The molecule has 0 amide bonds. The molecule has 21 heavy (non-hydrogen) atoms. The Morgan fingerprint density at radius 2 is 1.90 bits per heavy atom. The second-order valence-electron chi connectivity index (χ2n) is 5.11. The number of para-hydroxylation sites is 1. The molecule has 1 atom stereocenters. The zero-order valence-corrected chi connectivity index (χ0v) is 13.1. The summed E-state index contributed by atoms with van der Waals surface area (Å²) >= 11 is 6.05. The lowest BCUT2D eigenvalue weighted by molar-refractivity contribution is 0.263. The maximum Gasteiger partial charge on any atom is 0.119 e. The number of hydrogen-bond donors (Lipinski definition) is 1. The van der Waals surface area contributed by atoms with Crippen LogP contribution in [0, 0.1) is 0 Å². The monoisotopic (exact) mass is 303 g/mol. The van der Waals surface area contributed by atoms with Crippen LogP contribution < -0.4 is 10.1 Å². The van der Waals surface area contributed by atoms with Crippen molar-refractivity contribution in [2.24, 2.45) is 0 Å². The molecule has 2 rings (SSSR count). The Labute approximate surface area is 132 Å². The van der Waals surface area contributed by atoms with Gasteiger partial charge in [-0.3, -0.25) is 0 Å². The first kappa shape index (κ1) is 15.9. The molecule has 0 aromatic heterocycles. The van der Waals surface area contributed by atoms with Crippen LogP contribution in [0.15, 0.2) is 54.6 Å². The molecular formula is C18H22ClNO. The van der Waals surface area contributed by atoms with E-state index < -0.39 is 0 Å². The summed E-state index contributed by atoms with van der Waals surface area (Å²) in [5, 5.41) is 4.32. The molecule has 3 heteroatoms. The predicted octanol–water partition coefficient (Wildman–Crippen LogP) is 4.33. The van der Waals surface area contributed by atoms with Gasteiger partial charge in [-0.05, 0) is 49.2 Å². The van der Waals surface area contributed by atoms with Crippen LogP contribution in [-0.4, -0.2) is 19.2 Å². The third-order valence-corrected chi connectivity index (χ3v) is 3.48. The van der Waals surface area contributed by atoms with E-state index in [-0.39, 0.29) is 6.04 Å². The third-order valence-electron chi connectivity index (χ3n) is 3.25. The summed E-state index contributed by atoms with van der Waals surface area (Å²) in [6, 6.07) is 18.2. The largest absolute Gasteiger partial charge is 0.492 e. The molecule has 1 N–H and O–H groups in total. The molecule has 2 aromatic carbocycles. The van der Waals surface area contributed by atoms with Crippen molar-refractivity contribution >= 4 is 11.6 Å². The van der Waals surface area contributed by atoms with Crippen molar-refractivity contribution in [3.8, 4) is 5.75 Å². The van der Waals surface area contributed by atoms with Crippen molar-refractivity contribution in [3.63, 3.8) is 0 Å². The van der Waals surface area contributed by atoms with Crippen LogP contribution >= 0.6 is 11.6 Å². The predicted molar refractivity (Wildman–Crippen MR) is 89.2 cm³/mol. The van der Waals surface area contributed by atoms with Crippen molar-refractivity contribution in [2.75, 3.05) is 13.2 Å². The summed E-state index contributed by atoms with van der Waals surface area (Å²) < 4.78 is 5.87. The van der Waals surface area contributed by atoms with E-state index in [1.807, 2.05) is 48.5 Å². The maximum atomic E-state index is 6.05. The minimum atomic E-state index is 0.281. The van der Waals surface area contributed by atoms with Crippen LogP contribution in [0.3, 0.4) is 0 Å². The van der Waals surface area contributed by atoms with Gasteiger partial charge in [-0.1, -0.05) is 48.9 Å². The Bertz CT molecular complexity index is 530. The molecular weight excluding hydrogens is 282 g/mol. The Hall–Kier alpha value is -1.51. The SMILES string of the molecule is CCCNC(COc1ccccc1)Cc1cccc(Cl)c1. The first-order chi connectivity index (χ1) is 10.3. The second-order valence-corrected chi connectivity index (χ2v) is 5.55. The fourth-order valence-corrected chi connectivity index (χ4v) is 2.41. The lowest BCUT2D eigenvalue weighted by Gasteiger charge is -2.19. The van der Waals surface area contributed by atoms with Gasteiger partial charge < -0.3 is 10.1 Å². The van der Waals surface area contributed by atoms with E-state index in [0.717, 1.165) is 30.2 Å². The molecule has 0 aliphatic rings. The molecule has 112 valence electrons. The molecule has 0 saturated carbocycles. The normalized spacial score (nSPS) is 12.1. The highest BCUT2D eigenvalue weighted by molar-refractivity contribution is 6.30. The Balaban J connectivity index is 1.94. The number of ether oxygens (including phenoxy) is 1. The lowest BCUT2D eigenvalue weighted by atomic mass is 10.1. The summed E-state index contributed by atoms with van der Waals surface area (Å²) in [7, 11) is 0. The van der Waals surface area contributed by atoms with E-state index >= 15 is 0 Å². The number of halogens is 1. The van der Waals surface area contributed by atoms with Gasteiger partial charge in [0.15, 0.2) is 0 Å². The lowest BCUT2D eigenvalue weighted by Crippen LogP contribution is -2.37. The van der Waals surface area contributed by atoms with Crippen LogP contribution in [0.5, 0.6) is 5.75 Å². The van der Waals surface area contributed by atoms with Gasteiger partial charge in [0.05, 0.1) is 0 Å². The van der Waals surface area contributed by atoms with Crippen molar-refractivity contribution in [1.29, 1.82) is 0 Å². The van der Waals surface area contributed by atoms with Gasteiger partial charge in [-0.2, -0.15) is 0 Å². The molecule has 0 aliphatic heterocycles. The minimum absolute atomic E-state index is 0.281. The highest BCUT2D eigenvalue weighted by Crippen LogP contribution is 2.14. The van der Waals surface area contributed by atoms with Crippen molar-refractivity contribution in [2.45, 2.75) is 25.8 Å². The minimum Gasteiger partial charge on any atom is -0.492 e. The topological polar surface area (TPSA) is 21.3 Å². The van der Waals surface area contributed by atoms with Gasteiger partial charge in [0.2, 0.25) is 0 Å². The van der Waals surface area contributed by atoms with Gasteiger partial charge >= 0.3 is 0 Å². The summed E-state index contributed by atoms with van der Waals surface area (Å²) in [5.41, 5.74) is 1.23. The summed E-state index contributed by atoms with van der Waals surface area (Å²) in [6.07, 6.45) is 2.02. The zero-order valence-electron chi connectivity index (χ0n) is 12.4. The second kappa shape index (κ2) is 8.71. The van der Waals surface area contributed by atoms with E-state index in [9.17, 15) is 0 Å². The van der Waals surface area contributed by atoms with E-state index in [0.29, 0.717) is 6.61 Å². The van der Waals surface area contributed by atoms with Crippen molar-refractivity contribution in [1.82, 2.24) is 5.32 Å². The number of rotatable bonds is 8. The molecule has 0 aliphatic carbocycles. The summed E-state index contributed by atoms with van der Waals surface area (Å²) in [4.78, 5) is 0. The van der Waals surface area contributed by atoms with Crippen LogP contribution in [0.25, 0.3) is 0 Å². The number of hydrogen-bond acceptors (Lipinski definition) is 2. The van der Waals surface area contributed by atoms with E-state index in [1.165, 1.54) is 5.56 Å². The van der Waals surface area contributed by atoms with E-state index in [1.54, 1.807) is 0 Å². The Morgan fingerprint density at radius 3 is 2.62 bits per heavy atom. The molecule has 0 saturated heterocycles. The van der Waals surface area contributed by atoms with E-state index in [4.69, 9.17) is 16.3 Å². The van der Waals surface area contributed by atoms with Crippen LogP contribution in [0.1, 0.15) is 18.9 Å². The Kier molecular flexibility index (Phi) is 6.58. The fraction of sp³-hybridized carbons (Fsp3) is 0.333. The van der Waals surface area contributed by atoms with Gasteiger partial charge in [0.1, 0.15) is 12.4 Å². The third kappa shape index (κ3) is 5.78. The summed E-state index contributed by atoms with van der Waals surface area (Å²) in [5.74, 6) is 0.909.